The molecule has 6 nitrogen and oxygen atoms in total. The van der Waals surface area contributed by atoms with Crippen LogP contribution in [0.4, 0.5) is 5.69 Å². The van der Waals surface area contributed by atoms with Gasteiger partial charge in [0.1, 0.15) is 0 Å². The maximum absolute atomic E-state index is 12.4. The van der Waals surface area contributed by atoms with Crippen LogP contribution in [0.1, 0.15) is 32.8 Å². The van der Waals surface area contributed by atoms with Gasteiger partial charge >= 0.3 is 0 Å². The molecule has 1 aliphatic heterocycles. The van der Waals surface area contributed by atoms with Crippen molar-refractivity contribution in [3.05, 3.63) is 28.8 Å². The second-order valence-electron chi connectivity index (χ2n) is 8.21. The number of nitrogens with one attached hydrogen (secondary N) is 2. The standard InChI is InChI=1S/C20H31ClN4O2/c1-15-6-7-16(21)12-17(15)22-18(26)13-24-8-5-9-25(11-10-24)14-19(27)23-20(2,3)4/h6-7,12H,5,8-11,13-14H2,1-4H3,(H,22,26)(H,23,27). The van der Waals surface area contributed by atoms with E-state index in [9.17, 15) is 9.59 Å². The van der Waals surface area contributed by atoms with Gasteiger partial charge in [-0.25, -0.2) is 0 Å². The van der Waals surface area contributed by atoms with Gasteiger partial charge in [0.25, 0.3) is 0 Å². The number of aryl methyl sites for hydroxylation is 1. The quantitative estimate of drug-likeness (QED) is 0.805. The number of anilines is 1. The Labute approximate surface area is 167 Å². The van der Waals surface area contributed by atoms with Crippen LogP contribution >= 0.6 is 11.6 Å². The van der Waals surface area contributed by atoms with Crippen LogP contribution in [0.15, 0.2) is 18.2 Å². The highest BCUT2D eigenvalue weighted by molar-refractivity contribution is 6.31. The molecular weight excluding hydrogens is 364 g/mol. The Hall–Kier alpha value is -1.63. The van der Waals surface area contributed by atoms with Crippen molar-refractivity contribution in [3.63, 3.8) is 0 Å². The number of nitrogens with zero attached hydrogens (tertiary/aromatic N) is 2. The Balaban J connectivity index is 1.81. The van der Waals surface area contributed by atoms with E-state index in [4.69, 9.17) is 11.6 Å². The third-order valence-corrected chi connectivity index (χ3v) is 4.64. The number of amides is 2. The first-order valence-corrected chi connectivity index (χ1v) is 9.82. The SMILES string of the molecule is Cc1ccc(Cl)cc1NC(=O)CN1CCCN(CC(=O)NC(C)(C)C)CC1. The van der Waals surface area contributed by atoms with E-state index >= 15 is 0 Å². The lowest BCUT2D eigenvalue weighted by Gasteiger charge is -2.25. The molecule has 0 saturated carbocycles. The molecule has 0 unspecified atom stereocenters. The summed E-state index contributed by atoms with van der Waals surface area (Å²) in [6.07, 6.45) is 0.937. The van der Waals surface area contributed by atoms with E-state index < -0.39 is 0 Å². The van der Waals surface area contributed by atoms with E-state index in [0.29, 0.717) is 18.1 Å². The topological polar surface area (TPSA) is 64.7 Å². The van der Waals surface area contributed by atoms with Gasteiger partial charge in [0.05, 0.1) is 13.1 Å². The van der Waals surface area contributed by atoms with Gasteiger partial charge in [-0.3, -0.25) is 19.4 Å². The first kappa shape index (κ1) is 21.7. The zero-order chi connectivity index (χ0) is 20.0. The van der Waals surface area contributed by atoms with Gasteiger partial charge in [0.15, 0.2) is 0 Å². The van der Waals surface area contributed by atoms with Crippen LogP contribution in [0.5, 0.6) is 0 Å². The molecule has 2 rings (SSSR count). The zero-order valence-corrected chi connectivity index (χ0v) is 17.5. The molecule has 0 atom stereocenters. The van der Waals surface area contributed by atoms with E-state index in [2.05, 4.69) is 20.4 Å². The van der Waals surface area contributed by atoms with Gasteiger partial charge in [0, 0.05) is 29.3 Å². The van der Waals surface area contributed by atoms with Crippen molar-refractivity contribution in [2.45, 2.75) is 39.7 Å². The zero-order valence-electron chi connectivity index (χ0n) is 16.8. The van der Waals surface area contributed by atoms with Gasteiger partial charge in [-0.2, -0.15) is 0 Å². The minimum absolute atomic E-state index is 0.0423. The van der Waals surface area contributed by atoms with Crippen LogP contribution in [0.2, 0.25) is 5.02 Å². The Kier molecular flexibility index (Phi) is 7.65. The van der Waals surface area contributed by atoms with Crippen molar-refractivity contribution in [1.82, 2.24) is 15.1 Å². The van der Waals surface area contributed by atoms with E-state index in [-0.39, 0.29) is 17.4 Å². The summed E-state index contributed by atoms with van der Waals surface area (Å²) < 4.78 is 0. The monoisotopic (exact) mass is 394 g/mol. The summed E-state index contributed by atoms with van der Waals surface area (Å²) in [5, 5.41) is 6.55. The predicted octanol–water partition coefficient (Wildman–Crippen LogP) is 2.51. The summed E-state index contributed by atoms with van der Waals surface area (Å²) in [6.45, 7) is 11.9. The number of hydrogen-bond acceptors (Lipinski definition) is 4. The number of benzene rings is 1. The van der Waals surface area contributed by atoms with Crippen LogP contribution in [-0.2, 0) is 9.59 Å². The third-order valence-electron chi connectivity index (χ3n) is 4.40. The molecule has 150 valence electrons. The Morgan fingerprint density at radius 3 is 2.22 bits per heavy atom. The smallest absolute Gasteiger partial charge is 0.238 e. The van der Waals surface area contributed by atoms with Gasteiger partial charge < -0.3 is 10.6 Å². The van der Waals surface area contributed by atoms with Crippen LogP contribution in [0.25, 0.3) is 0 Å². The molecule has 2 amide bonds. The fourth-order valence-electron chi connectivity index (χ4n) is 3.12. The van der Waals surface area contributed by atoms with Crippen molar-refractivity contribution in [2.75, 3.05) is 44.6 Å². The van der Waals surface area contributed by atoms with Gasteiger partial charge in [0.2, 0.25) is 11.8 Å². The molecule has 1 aliphatic rings. The van der Waals surface area contributed by atoms with Crippen molar-refractivity contribution < 1.29 is 9.59 Å². The highest BCUT2D eigenvalue weighted by Crippen LogP contribution is 2.20. The first-order chi connectivity index (χ1) is 12.6. The minimum Gasteiger partial charge on any atom is -0.350 e. The minimum atomic E-state index is -0.217. The molecule has 0 spiro atoms. The average Bonchev–Trinajstić information content (AvgIpc) is 2.74. The summed E-state index contributed by atoms with van der Waals surface area (Å²) in [6, 6.07) is 5.48. The van der Waals surface area contributed by atoms with Crippen LogP contribution < -0.4 is 10.6 Å². The molecule has 0 aromatic heterocycles. The Morgan fingerprint density at radius 2 is 1.63 bits per heavy atom. The highest BCUT2D eigenvalue weighted by Gasteiger charge is 2.21. The Morgan fingerprint density at radius 1 is 1.04 bits per heavy atom. The maximum atomic E-state index is 12.4. The summed E-state index contributed by atoms with van der Waals surface area (Å²) >= 11 is 6.01. The Bertz CT molecular complexity index is 672. The van der Waals surface area contributed by atoms with Gasteiger partial charge in [-0.1, -0.05) is 17.7 Å². The largest absolute Gasteiger partial charge is 0.350 e. The molecule has 0 radical (unpaired) electrons. The highest BCUT2D eigenvalue weighted by atomic mass is 35.5. The summed E-state index contributed by atoms with van der Waals surface area (Å²) in [4.78, 5) is 28.8. The molecule has 1 aromatic carbocycles. The van der Waals surface area contributed by atoms with Crippen molar-refractivity contribution >= 4 is 29.1 Å². The molecule has 1 heterocycles. The van der Waals surface area contributed by atoms with E-state index in [0.717, 1.165) is 43.9 Å². The number of hydrogen-bond donors (Lipinski definition) is 2. The summed E-state index contributed by atoms with van der Waals surface area (Å²) in [7, 11) is 0. The molecule has 1 saturated heterocycles. The second-order valence-corrected chi connectivity index (χ2v) is 8.65. The number of rotatable bonds is 5. The maximum Gasteiger partial charge on any atom is 0.238 e. The van der Waals surface area contributed by atoms with Crippen LogP contribution in [0, 0.1) is 6.92 Å². The average molecular weight is 395 g/mol. The molecule has 7 heteroatoms. The number of carbonyl (C=O) groups is 2. The van der Waals surface area contributed by atoms with Crippen molar-refractivity contribution in [3.8, 4) is 0 Å². The van der Waals surface area contributed by atoms with Crippen LogP contribution in [0.3, 0.4) is 0 Å². The number of halogens is 1. The van der Waals surface area contributed by atoms with Crippen LogP contribution in [-0.4, -0.2) is 66.4 Å². The molecule has 1 aromatic rings. The van der Waals surface area contributed by atoms with Gasteiger partial charge in [-0.05, 0) is 64.9 Å². The lowest BCUT2D eigenvalue weighted by molar-refractivity contribution is -0.123. The second kappa shape index (κ2) is 9.53. The lowest BCUT2D eigenvalue weighted by Crippen LogP contribution is -2.46. The first-order valence-electron chi connectivity index (χ1n) is 9.44. The van der Waals surface area contributed by atoms with E-state index in [1.807, 2.05) is 39.8 Å². The van der Waals surface area contributed by atoms with E-state index in [1.54, 1.807) is 6.07 Å². The summed E-state index contributed by atoms with van der Waals surface area (Å²) in [5.74, 6) is 0.00409. The molecule has 1 fully saturated rings. The fourth-order valence-corrected chi connectivity index (χ4v) is 3.30. The molecule has 0 aliphatic carbocycles. The van der Waals surface area contributed by atoms with Crippen molar-refractivity contribution in [1.29, 1.82) is 0 Å². The predicted molar refractivity (Wildman–Crippen MR) is 110 cm³/mol. The molecule has 27 heavy (non-hydrogen) atoms. The third kappa shape index (κ3) is 7.87. The van der Waals surface area contributed by atoms with E-state index in [1.165, 1.54) is 0 Å². The molecule has 0 bridgehead atoms. The fraction of sp³-hybridized carbons (Fsp3) is 0.600. The lowest BCUT2D eigenvalue weighted by atomic mass is 10.1. The normalized spacial score (nSPS) is 16.6. The molecular formula is C20H31ClN4O2. The number of carbonyl (C=O) groups excluding carboxylic acids is 2. The summed E-state index contributed by atoms with van der Waals surface area (Å²) in [5.41, 5.74) is 1.52. The molecule has 2 N–H and O–H groups in total. The van der Waals surface area contributed by atoms with Gasteiger partial charge in [-0.15, -0.1) is 0 Å². The van der Waals surface area contributed by atoms with Crippen molar-refractivity contribution in [2.24, 2.45) is 0 Å².